The minimum absolute atomic E-state index is 0.0388. The fourth-order valence-electron chi connectivity index (χ4n) is 1.93. The highest BCUT2D eigenvalue weighted by Gasteiger charge is 2.21. The summed E-state index contributed by atoms with van der Waals surface area (Å²) in [5.74, 6) is -1.55. The summed E-state index contributed by atoms with van der Waals surface area (Å²) in [5, 5.41) is 10.00. The maximum absolute atomic E-state index is 13.0. The molecule has 0 fully saturated rings. The average Bonchev–Trinajstić information content (AvgIpc) is 2.24. The first-order valence-electron chi connectivity index (χ1n) is 5.77. The van der Waals surface area contributed by atoms with Crippen molar-refractivity contribution in [1.82, 2.24) is 0 Å². The summed E-state index contributed by atoms with van der Waals surface area (Å²) < 4.78 is 25.7. The number of nitrogens with two attached hydrogens (primary N) is 1. The Balaban J connectivity index is 2.73. The van der Waals surface area contributed by atoms with Gasteiger partial charge in [-0.05, 0) is 42.5 Å². The second kappa shape index (κ2) is 6.07. The molecule has 2 atom stereocenters. The van der Waals surface area contributed by atoms with Crippen molar-refractivity contribution < 1.29 is 13.9 Å². The van der Waals surface area contributed by atoms with Gasteiger partial charge in [-0.25, -0.2) is 8.78 Å². The largest absolute Gasteiger partial charge is 0.392 e. The minimum Gasteiger partial charge on any atom is -0.392 e. The Kier molecular flexibility index (Phi) is 5.02. The van der Waals surface area contributed by atoms with Gasteiger partial charge in [-0.15, -0.1) is 0 Å². The molecule has 0 saturated carbocycles. The fourth-order valence-corrected chi connectivity index (χ4v) is 1.93. The topological polar surface area (TPSA) is 46.2 Å². The monoisotopic (exact) mass is 243 g/mol. The summed E-state index contributed by atoms with van der Waals surface area (Å²) in [6, 6.07) is 3.67. The van der Waals surface area contributed by atoms with Crippen molar-refractivity contribution in [3.8, 4) is 0 Å². The smallest absolute Gasteiger partial charge is 0.159 e. The van der Waals surface area contributed by atoms with E-state index in [0.29, 0.717) is 12.1 Å². The van der Waals surface area contributed by atoms with Gasteiger partial charge in [0.1, 0.15) is 0 Å². The third kappa shape index (κ3) is 3.75. The molecule has 0 spiro atoms. The van der Waals surface area contributed by atoms with Gasteiger partial charge in [0.25, 0.3) is 0 Å². The van der Waals surface area contributed by atoms with Crippen molar-refractivity contribution >= 4 is 0 Å². The summed E-state index contributed by atoms with van der Waals surface area (Å²) in [7, 11) is 0. The molecule has 0 bridgehead atoms. The molecule has 1 aromatic carbocycles. The third-order valence-electron chi connectivity index (χ3n) is 3.05. The van der Waals surface area contributed by atoms with Gasteiger partial charge < -0.3 is 10.8 Å². The fraction of sp³-hybridized carbons (Fsp3) is 0.538. The molecule has 3 N–H and O–H groups in total. The zero-order chi connectivity index (χ0) is 13.0. The van der Waals surface area contributed by atoms with Crippen molar-refractivity contribution in [2.75, 3.05) is 6.54 Å². The molecular weight excluding hydrogens is 224 g/mol. The van der Waals surface area contributed by atoms with Crippen LogP contribution in [0.4, 0.5) is 8.78 Å². The lowest BCUT2D eigenvalue weighted by atomic mass is 9.87. The van der Waals surface area contributed by atoms with E-state index in [2.05, 4.69) is 0 Å². The van der Waals surface area contributed by atoms with Crippen LogP contribution in [0.25, 0.3) is 0 Å². The van der Waals surface area contributed by atoms with E-state index >= 15 is 0 Å². The van der Waals surface area contributed by atoms with Gasteiger partial charge in [0.05, 0.1) is 6.10 Å². The van der Waals surface area contributed by atoms with Gasteiger partial charge in [-0.1, -0.05) is 19.9 Å². The van der Waals surface area contributed by atoms with E-state index in [1.807, 2.05) is 13.8 Å². The van der Waals surface area contributed by atoms with E-state index in [-0.39, 0.29) is 18.3 Å². The highest BCUT2D eigenvalue weighted by Crippen LogP contribution is 2.19. The number of rotatable bonds is 5. The lowest BCUT2D eigenvalue weighted by Crippen LogP contribution is -2.33. The molecule has 0 aliphatic rings. The van der Waals surface area contributed by atoms with E-state index < -0.39 is 17.7 Å². The van der Waals surface area contributed by atoms with E-state index in [0.717, 1.165) is 12.1 Å². The SMILES string of the molecule is CC(C)C(CN)C(O)Cc1ccc(F)c(F)c1. The Bertz CT molecular complexity index is 368. The summed E-state index contributed by atoms with van der Waals surface area (Å²) in [5.41, 5.74) is 6.17. The normalized spacial score (nSPS) is 15.0. The average molecular weight is 243 g/mol. The van der Waals surface area contributed by atoms with Crippen molar-refractivity contribution in [2.45, 2.75) is 26.4 Å². The van der Waals surface area contributed by atoms with Gasteiger partial charge in [0.15, 0.2) is 11.6 Å². The van der Waals surface area contributed by atoms with Crippen LogP contribution >= 0.6 is 0 Å². The van der Waals surface area contributed by atoms with Gasteiger partial charge in [-0.3, -0.25) is 0 Å². The van der Waals surface area contributed by atoms with Gasteiger partial charge in [-0.2, -0.15) is 0 Å². The third-order valence-corrected chi connectivity index (χ3v) is 3.05. The molecule has 2 unspecified atom stereocenters. The number of halogens is 2. The summed E-state index contributed by atoms with van der Waals surface area (Å²) >= 11 is 0. The van der Waals surface area contributed by atoms with Crippen LogP contribution in [0, 0.1) is 23.5 Å². The molecule has 0 saturated heterocycles. The number of hydrogen-bond acceptors (Lipinski definition) is 2. The van der Waals surface area contributed by atoms with E-state index in [1.165, 1.54) is 6.07 Å². The van der Waals surface area contributed by atoms with Crippen molar-refractivity contribution in [2.24, 2.45) is 17.6 Å². The zero-order valence-corrected chi connectivity index (χ0v) is 10.2. The predicted molar refractivity (Wildman–Crippen MR) is 63.5 cm³/mol. The molecule has 4 heteroatoms. The molecule has 2 nitrogen and oxygen atoms in total. The van der Waals surface area contributed by atoms with E-state index in [9.17, 15) is 13.9 Å². The summed E-state index contributed by atoms with van der Waals surface area (Å²) in [6.07, 6.45) is -0.345. The first-order valence-corrected chi connectivity index (χ1v) is 5.77. The van der Waals surface area contributed by atoms with Gasteiger partial charge in [0.2, 0.25) is 0 Å². The van der Waals surface area contributed by atoms with Crippen LogP contribution < -0.4 is 5.73 Å². The van der Waals surface area contributed by atoms with Crippen molar-refractivity contribution in [1.29, 1.82) is 0 Å². The van der Waals surface area contributed by atoms with Crippen LogP contribution in [0.2, 0.25) is 0 Å². The molecule has 96 valence electrons. The quantitative estimate of drug-likeness (QED) is 0.832. The van der Waals surface area contributed by atoms with Crippen LogP contribution in [-0.4, -0.2) is 17.8 Å². The maximum Gasteiger partial charge on any atom is 0.159 e. The number of hydrogen-bond donors (Lipinski definition) is 2. The first-order chi connectivity index (χ1) is 7.95. The van der Waals surface area contributed by atoms with E-state index in [1.54, 1.807) is 0 Å². The summed E-state index contributed by atoms with van der Waals surface area (Å²) in [6.45, 7) is 4.33. The van der Waals surface area contributed by atoms with Crippen LogP contribution in [0.15, 0.2) is 18.2 Å². The molecule has 1 rings (SSSR count). The van der Waals surface area contributed by atoms with Crippen LogP contribution in [0.3, 0.4) is 0 Å². The van der Waals surface area contributed by atoms with Gasteiger partial charge in [0, 0.05) is 0 Å². The molecular formula is C13H19F2NO. The number of benzene rings is 1. The maximum atomic E-state index is 13.0. The molecule has 1 aromatic rings. The second-order valence-electron chi connectivity index (χ2n) is 4.66. The Morgan fingerprint density at radius 1 is 1.24 bits per heavy atom. The Labute approximate surface area is 100 Å². The Hall–Kier alpha value is -1.00. The highest BCUT2D eigenvalue weighted by atomic mass is 19.2. The van der Waals surface area contributed by atoms with Gasteiger partial charge >= 0.3 is 0 Å². The van der Waals surface area contributed by atoms with E-state index in [4.69, 9.17) is 5.73 Å². The minimum atomic E-state index is -0.886. The van der Waals surface area contributed by atoms with Crippen molar-refractivity contribution in [3.63, 3.8) is 0 Å². The number of aliphatic hydroxyl groups excluding tert-OH is 1. The molecule has 0 aliphatic heterocycles. The molecule has 0 aliphatic carbocycles. The molecule has 0 radical (unpaired) electrons. The lowest BCUT2D eigenvalue weighted by Gasteiger charge is -2.25. The zero-order valence-electron chi connectivity index (χ0n) is 10.2. The molecule has 17 heavy (non-hydrogen) atoms. The lowest BCUT2D eigenvalue weighted by molar-refractivity contribution is 0.0863. The number of aliphatic hydroxyl groups is 1. The molecule has 0 aromatic heterocycles. The van der Waals surface area contributed by atoms with Crippen LogP contribution in [-0.2, 0) is 6.42 Å². The highest BCUT2D eigenvalue weighted by molar-refractivity contribution is 5.18. The standard InChI is InChI=1S/C13H19F2NO/c1-8(2)10(7-16)13(17)6-9-3-4-11(14)12(15)5-9/h3-5,8,10,13,17H,6-7,16H2,1-2H3. The van der Waals surface area contributed by atoms with Crippen molar-refractivity contribution in [3.05, 3.63) is 35.4 Å². The molecule has 0 amide bonds. The Morgan fingerprint density at radius 2 is 1.88 bits per heavy atom. The second-order valence-corrected chi connectivity index (χ2v) is 4.66. The Morgan fingerprint density at radius 3 is 2.35 bits per heavy atom. The first kappa shape index (κ1) is 14.1. The summed E-state index contributed by atoms with van der Waals surface area (Å²) in [4.78, 5) is 0. The molecule has 0 heterocycles. The van der Waals surface area contributed by atoms with Crippen LogP contribution in [0.1, 0.15) is 19.4 Å². The predicted octanol–water partition coefficient (Wildman–Crippen LogP) is 2.10. The van der Waals surface area contributed by atoms with Crippen LogP contribution in [0.5, 0.6) is 0 Å².